The maximum absolute atomic E-state index is 5.70. The first kappa shape index (κ1) is 9.78. The highest BCUT2D eigenvalue weighted by Crippen LogP contribution is 2.25. The van der Waals surface area contributed by atoms with Crippen molar-refractivity contribution in [1.29, 1.82) is 0 Å². The molecule has 0 N–H and O–H groups in total. The maximum atomic E-state index is 5.70. The zero-order chi connectivity index (χ0) is 11.0. The van der Waals surface area contributed by atoms with Gasteiger partial charge in [-0.1, -0.05) is 6.07 Å². The molecule has 0 aromatic carbocycles. The van der Waals surface area contributed by atoms with Crippen LogP contribution in [-0.2, 0) is 4.74 Å². The summed E-state index contributed by atoms with van der Waals surface area (Å²) in [4.78, 5) is 4.52. The number of fused-ring (bicyclic) bond motifs is 1. The molecule has 0 bridgehead atoms. The van der Waals surface area contributed by atoms with Crippen LogP contribution < -0.4 is 0 Å². The van der Waals surface area contributed by atoms with Crippen LogP contribution in [0.5, 0.6) is 0 Å². The first-order valence-electron chi connectivity index (χ1n) is 5.78. The van der Waals surface area contributed by atoms with Crippen molar-refractivity contribution in [2.75, 3.05) is 6.61 Å². The Morgan fingerprint density at radius 1 is 1.38 bits per heavy atom. The minimum atomic E-state index is 0.0908. The molecule has 0 spiro atoms. The lowest BCUT2D eigenvalue weighted by Crippen LogP contribution is -2.13. The molecule has 1 unspecified atom stereocenters. The summed E-state index contributed by atoms with van der Waals surface area (Å²) in [5, 5.41) is 4.52. The van der Waals surface area contributed by atoms with Gasteiger partial charge < -0.3 is 4.74 Å². The van der Waals surface area contributed by atoms with Crippen molar-refractivity contribution in [3.63, 3.8) is 0 Å². The van der Waals surface area contributed by atoms with Crippen LogP contribution in [0, 0.1) is 6.92 Å². The number of aromatic nitrogens is 3. The molecule has 16 heavy (non-hydrogen) atoms. The Bertz CT molecular complexity index is 500. The normalized spacial score (nSPS) is 21.4. The average Bonchev–Trinajstić information content (AvgIpc) is 2.76. The van der Waals surface area contributed by atoms with Gasteiger partial charge >= 0.3 is 0 Å². The zero-order valence-electron chi connectivity index (χ0n) is 9.39. The van der Waals surface area contributed by atoms with E-state index in [1.54, 1.807) is 0 Å². The van der Waals surface area contributed by atoms with E-state index in [4.69, 9.17) is 4.74 Å². The van der Waals surface area contributed by atoms with E-state index in [9.17, 15) is 0 Å². The fourth-order valence-electron chi connectivity index (χ4n) is 2.13. The molecule has 2 aromatic rings. The van der Waals surface area contributed by atoms with Crippen LogP contribution >= 0.6 is 0 Å². The van der Waals surface area contributed by atoms with Crippen molar-refractivity contribution in [2.24, 2.45) is 0 Å². The van der Waals surface area contributed by atoms with Crippen molar-refractivity contribution in [2.45, 2.75) is 32.3 Å². The minimum Gasteiger partial charge on any atom is -0.370 e. The largest absolute Gasteiger partial charge is 0.370 e. The molecule has 0 amide bonds. The van der Waals surface area contributed by atoms with Crippen molar-refractivity contribution in [3.05, 3.63) is 29.7 Å². The maximum Gasteiger partial charge on any atom is 0.180 e. The van der Waals surface area contributed by atoms with Crippen LogP contribution in [0.4, 0.5) is 0 Å². The van der Waals surface area contributed by atoms with Gasteiger partial charge in [0.1, 0.15) is 6.10 Å². The van der Waals surface area contributed by atoms with Crippen molar-refractivity contribution >= 4 is 5.65 Å². The number of ether oxygens (including phenoxy) is 1. The second-order valence-electron chi connectivity index (χ2n) is 4.26. The molecule has 3 heterocycles. The first-order chi connectivity index (χ1) is 7.84. The molecule has 84 valence electrons. The second-order valence-corrected chi connectivity index (χ2v) is 4.26. The summed E-state index contributed by atoms with van der Waals surface area (Å²) in [5.74, 6) is 0.828. The Morgan fingerprint density at radius 2 is 2.31 bits per heavy atom. The van der Waals surface area contributed by atoms with Crippen LogP contribution in [0.1, 0.15) is 36.9 Å². The predicted molar refractivity (Wildman–Crippen MR) is 60.3 cm³/mol. The second kappa shape index (κ2) is 3.87. The molecule has 3 rings (SSSR count). The van der Waals surface area contributed by atoms with Crippen molar-refractivity contribution in [3.8, 4) is 0 Å². The Kier molecular flexibility index (Phi) is 2.36. The van der Waals surface area contributed by atoms with E-state index >= 15 is 0 Å². The lowest BCUT2D eigenvalue weighted by molar-refractivity contribution is 0.00961. The molecule has 0 saturated carbocycles. The Hall–Kier alpha value is -1.42. The van der Waals surface area contributed by atoms with Crippen molar-refractivity contribution in [1.82, 2.24) is 14.6 Å². The molecule has 4 heteroatoms. The van der Waals surface area contributed by atoms with Gasteiger partial charge in [-0.25, -0.2) is 9.50 Å². The molecule has 0 radical (unpaired) electrons. The summed E-state index contributed by atoms with van der Waals surface area (Å²) in [6.07, 6.45) is 3.49. The third-order valence-electron chi connectivity index (χ3n) is 3.03. The molecule has 1 saturated heterocycles. The highest BCUT2D eigenvalue weighted by Gasteiger charge is 2.20. The Morgan fingerprint density at radius 3 is 3.06 bits per heavy atom. The quantitative estimate of drug-likeness (QED) is 0.735. The van der Waals surface area contributed by atoms with Crippen LogP contribution in [0.15, 0.2) is 18.2 Å². The Balaban J connectivity index is 2.01. The lowest BCUT2D eigenvalue weighted by Gasteiger charge is -2.19. The van der Waals surface area contributed by atoms with Crippen LogP contribution in [0.2, 0.25) is 0 Å². The molecular formula is C12H15N3O. The minimum absolute atomic E-state index is 0.0908. The van der Waals surface area contributed by atoms with E-state index < -0.39 is 0 Å². The van der Waals surface area contributed by atoms with Gasteiger partial charge in [0.2, 0.25) is 0 Å². The zero-order valence-corrected chi connectivity index (χ0v) is 9.39. The molecule has 1 aliphatic rings. The van der Waals surface area contributed by atoms with Gasteiger partial charge in [-0.15, -0.1) is 5.10 Å². The summed E-state index contributed by atoms with van der Waals surface area (Å²) in [6, 6.07) is 6.02. The van der Waals surface area contributed by atoms with Crippen LogP contribution in [0.25, 0.3) is 5.65 Å². The molecule has 4 nitrogen and oxygen atoms in total. The van der Waals surface area contributed by atoms with Crippen LogP contribution in [0.3, 0.4) is 0 Å². The monoisotopic (exact) mass is 217 g/mol. The van der Waals surface area contributed by atoms with E-state index in [1.165, 1.54) is 6.42 Å². The lowest BCUT2D eigenvalue weighted by atomic mass is 10.1. The van der Waals surface area contributed by atoms with Gasteiger partial charge in [0.15, 0.2) is 11.5 Å². The number of hydrogen-bond donors (Lipinski definition) is 0. The highest BCUT2D eigenvalue weighted by atomic mass is 16.5. The first-order valence-corrected chi connectivity index (χ1v) is 5.78. The molecule has 1 fully saturated rings. The molecule has 2 aromatic heterocycles. The predicted octanol–water partition coefficient (Wildman–Crippen LogP) is 2.28. The average molecular weight is 217 g/mol. The van der Waals surface area contributed by atoms with Gasteiger partial charge in [0.05, 0.1) is 0 Å². The number of rotatable bonds is 1. The van der Waals surface area contributed by atoms with E-state index in [1.807, 2.05) is 29.6 Å². The summed E-state index contributed by atoms with van der Waals surface area (Å²) in [5.41, 5.74) is 2.01. The summed E-state index contributed by atoms with van der Waals surface area (Å²) in [6.45, 7) is 2.87. The number of nitrogens with zero attached hydrogens (tertiary/aromatic N) is 3. The Labute approximate surface area is 94.3 Å². The van der Waals surface area contributed by atoms with E-state index in [0.717, 1.165) is 36.6 Å². The summed E-state index contributed by atoms with van der Waals surface area (Å²) >= 11 is 0. The molecule has 1 aliphatic heterocycles. The third-order valence-corrected chi connectivity index (χ3v) is 3.03. The van der Waals surface area contributed by atoms with E-state index in [-0.39, 0.29) is 6.10 Å². The smallest absolute Gasteiger partial charge is 0.180 e. The van der Waals surface area contributed by atoms with Crippen LogP contribution in [-0.4, -0.2) is 21.2 Å². The number of pyridine rings is 1. The van der Waals surface area contributed by atoms with Gasteiger partial charge in [-0.2, -0.15) is 0 Å². The number of hydrogen-bond acceptors (Lipinski definition) is 3. The van der Waals surface area contributed by atoms with Crippen molar-refractivity contribution < 1.29 is 4.74 Å². The third kappa shape index (κ3) is 1.59. The summed E-state index contributed by atoms with van der Waals surface area (Å²) in [7, 11) is 0. The number of aryl methyl sites for hydroxylation is 1. The van der Waals surface area contributed by atoms with Gasteiger partial charge in [0, 0.05) is 12.3 Å². The van der Waals surface area contributed by atoms with Gasteiger partial charge in [0.25, 0.3) is 0 Å². The van der Waals surface area contributed by atoms with E-state index in [2.05, 4.69) is 10.1 Å². The molecule has 1 atom stereocenters. The highest BCUT2D eigenvalue weighted by molar-refractivity contribution is 5.38. The summed E-state index contributed by atoms with van der Waals surface area (Å²) < 4.78 is 7.58. The fraction of sp³-hybridized carbons (Fsp3) is 0.500. The molecule has 0 aliphatic carbocycles. The standard InChI is InChI=1S/C12H15N3O/c1-9-5-4-7-11-13-12(14-15(9)11)10-6-2-3-8-16-10/h4-5,7,10H,2-3,6,8H2,1H3. The fourth-order valence-corrected chi connectivity index (χ4v) is 2.13. The van der Waals surface area contributed by atoms with E-state index in [0.29, 0.717) is 0 Å². The van der Waals surface area contributed by atoms with Gasteiger partial charge in [-0.05, 0) is 38.3 Å². The van der Waals surface area contributed by atoms with Gasteiger partial charge in [-0.3, -0.25) is 0 Å². The topological polar surface area (TPSA) is 39.4 Å². The SMILES string of the molecule is Cc1cccc2nc(C3CCCCO3)nn12. The molecular weight excluding hydrogens is 202 g/mol.